The average Bonchev–Trinajstić information content (AvgIpc) is 2.46. The Hall–Kier alpha value is -0.890. The van der Waals surface area contributed by atoms with E-state index < -0.39 is 0 Å². The molecule has 0 aliphatic rings. The monoisotopic (exact) mass is 392 g/mol. The molecule has 20 heavy (non-hydrogen) atoms. The largest absolute Gasteiger partial charge is 0.382 e. The number of guanidine groups is 1. The molecular weight excluding hydrogens is 367 g/mol. The zero-order valence-electron chi connectivity index (χ0n) is 12.3. The molecule has 0 bridgehead atoms. The van der Waals surface area contributed by atoms with E-state index in [2.05, 4.69) is 26.7 Å². The molecule has 0 saturated heterocycles. The minimum atomic E-state index is 0. The van der Waals surface area contributed by atoms with Crippen LogP contribution in [0.15, 0.2) is 29.5 Å². The number of pyridine rings is 1. The van der Waals surface area contributed by atoms with Crippen LogP contribution in [0.3, 0.4) is 0 Å². The molecule has 2 N–H and O–H groups in total. The lowest BCUT2D eigenvalue weighted by Crippen LogP contribution is -2.39. The van der Waals surface area contributed by atoms with Gasteiger partial charge in [-0.05, 0) is 31.4 Å². The molecular formula is C14H25IN4O. The Morgan fingerprint density at radius 1 is 1.35 bits per heavy atom. The van der Waals surface area contributed by atoms with Gasteiger partial charge in [0.1, 0.15) is 0 Å². The molecule has 0 aromatic carbocycles. The molecule has 0 aliphatic carbocycles. The van der Waals surface area contributed by atoms with Crippen molar-refractivity contribution in [2.24, 2.45) is 4.99 Å². The van der Waals surface area contributed by atoms with Gasteiger partial charge in [0.05, 0.1) is 0 Å². The highest BCUT2D eigenvalue weighted by Crippen LogP contribution is 1.95. The SMILES string of the molecule is CCOCCCNC(=NC)NCCc1cccnc1.I. The predicted octanol–water partition coefficient (Wildman–Crippen LogP) is 1.83. The van der Waals surface area contributed by atoms with Crippen LogP contribution in [0.4, 0.5) is 0 Å². The lowest BCUT2D eigenvalue weighted by molar-refractivity contribution is 0.145. The average molecular weight is 392 g/mol. The van der Waals surface area contributed by atoms with Crippen LogP contribution in [-0.4, -0.2) is 44.3 Å². The van der Waals surface area contributed by atoms with Crippen LogP contribution in [0, 0.1) is 0 Å². The lowest BCUT2D eigenvalue weighted by atomic mass is 10.2. The molecule has 0 spiro atoms. The van der Waals surface area contributed by atoms with Gasteiger partial charge >= 0.3 is 0 Å². The van der Waals surface area contributed by atoms with Gasteiger partial charge in [-0.2, -0.15) is 0 Å². The standard InChI is InChI=1S/C14H24N4O.HI/c1-3-19-11-5-9-17-14(15-2)18-10-7-13-6-4-8-16-12-13;/h4,6,8,12H,3,5,7,9-11H2,1-2H3,(H2,15,17,18);1H. The Bertz CT molecular complexity index is 359. The molecule has 0 atom stereocenters. The van der Waals surface area contributed by atoms with Gasteiger partial charge < -0.3 is 15.4 Å². The van der Waals surface area contributed by atoms with E-state index in [9.17, 15) is 0 Å². The minimum absolute atomic E-state index is 0. The summed E-state index contributed by atoms with van der Waals surface area (Å²) in [6.45, 7) is 5.28. The zero-order chi connectivity index (χ0) is 13.8. The van der Waals surface area contributed by atoms with E-state index in [0.717, 1.165) is 45.1 Å². The Labute approximate surface area is 138 Å². The van der Waals surface area contributed by atoms with Gasteiger partial charge in [-0.15, -0.1) is 24.0 Å². The minimum Gasteiger partial charge on any atom is -0.382 e. The second kappa shape index (κ2) is 13.1. The highest BCUT2D eigenvalue weighted by molar-refractivity contribution is 14.0. The van der Waals surface area contributed by atoms with Crippen molar-refractivity contribution in [3.63, 3.8) is 0 Å². The van der Waals surface area contributed by atoms with Crippen molar-refractivity contribution in [3.05, 3.63) is 30.1 Å². The molecule has 0 radical (unpaired) electrons. The molecule has 114 valence electrons. The number of halogens is 1. The van der Waals surface area contributed by atoms with Gasteiger partial charge in [-0.1, -0.05) is 6.07 Å². The molecule has 0 aliphatic heterocycles. The molecule has 5 nitrogen and oxygen atoms in total. The van der Waals surface area contributed by atoms with Crippen molar-refractivity contribution in [2.75, 3.05) is 33.4 Å². The normalized spacial score (nSPS) is 10.8. The summed E-state index contributed by atoms with van der Waals surface area (Å²) in [4.78, 5) is 8.27. The van der Waals surface area contributed by atoms with Crippen molar-refractivity contribution in [2.45, 2.75) is 19.8 Å². The first kappa shape index (κ1) is 19.1. The van der Waals surface area contributed by atoms with Gasteiger partial charge in [0.15, 0.2) is 5.96 Å². The second-order valence-electron chi connectivity index (χ2n) is 4.09. The van der Waals surface area contributed by atoms with Crippen LogP contribution in [0.2, 0.25) is 0 Å². The first-order chi connectivity index (χ1) is 9.36. The van der Waals surface area contributed by atoms with E-state index >= 15 is 0 Å². The topological polar surface area (TPSA) is 58.5 Å². The molecule has 1 rings (SSSR count). The first-order valence-electron chi connectivity index (χ1n) is 6.78. The summed E-state index contributed by atoms with van der Waals surface area (Å²) in [5, 5.41) is 6.54. The van der Waals surface area contributed by atoms with Crippen molar-refractivity contribution < 1.29 is 4.74 Å². The predicted molar refractivity (Wildman–Crippen MR) is 93.8 cm³/mol. The fourth-order valence-corrected chi connectivity index (χ4v) is 1.62. The van der Waals surface area contributed by atoms with E-state index in [1.54, 1.807) is 13.2 Å². The fraction of sp³-hybridized carbons (Fsp3) is 0.571. The van der Waals surface area contributed by atoms with Crippen LogP contribution in [0.5, 0.6) is 0 Å². The van der Waals surface area contributed by atoms with E-state index in [0.29, 0.717) is 0 Å². The number of ether oxygens (including phenoxy) is 1. The maximum absolute atomic E-state index is 5.28. The lowest BCUT2D eigenvalue weighted by Gasteiger charge is -2.11. The van der Waals surface area contributed by atoms with Crippen LogP contribution in [0.1, 0.15) is 18.9 Å². The van der Waals surface area contributed by atoms with Gasteiger partial charge in [0, 0.05) is 45.7 Å². The molecule has 1 aromatic heterocycles. The van der Waals surface area contributed by atoms with Crippen molar-refractivity contribution in [1.82, 2.24) is 15.6 Å². The van der Waals surface area contributed by atoms with Crippen LogP contribution < -0.4 is 10.6 Å². The van der Waals surface area contributed by atoms with Crippen LogP contribution in [0.25, 0.3) is 0 Å². The van der Waals surface area contributed by atoms with Crippen LogP contribution >= 0.6 is 24.0 Å². The second-order valence-corrected chi connectivity index (χ2v) is 4.09. The number of hydrogen-bond donors (Lipinski definition) is 2. The van der Waals surface area contributed by atoms with Gasteiger partial charge in [-0.25, -0.2) is 0 Å². The summed E-state index contributed by atoms with van der Waals surface area (Å²) in [6, 6.07) is 4.03. The Morgan fingerprint density at radius 2 is 2.15 bits per heavy atom. The number of rotatable bonds is 8. The molecule has 6 heteroatoms. The van der Waals surface area contributed by atoms with Gasteiger partial charge in [-0.3, -0.25) is 9.98 Å². The maximum Gasteiger partial charge on any atom is 0.190 e. The number of nitrogens with one attached hydrogen (secondary N) is 2. The Balaban J connectivity index is 0.00000361. The van der Waals surface area contributed by atoms with Gasteiger partial charge in [0.25, 0.3) is 0 Å². The third-order valence-corrected chi connectivity index (χ3v) is 2.61. The summed E-state index contributed by atoms with van der Waals surface area (Å²) in [5.41, 5.74) is 1.22. The van der Waals surface area contributed by atoms with Crippen molar-refractivity contribution >= 4 is 29.9 Å². The smallest absolute Gasteiger partial charge is 0.190 e. The van der Waals surface area contributed by atoms with Crippen LogP contribution in [-0.2, 0) is 11.2 Å². The maximum atomic E-state index is 5.28. The first-order valence-corrected chi connectivity index (χ1v) is 6.78. The number of aliphatic imine (C=N–C) groups is 1. The van der Waals surface area contributed by atoms with E-state index in [4.69, 9.17) is 4.74 Å². The van der Waals surface area contributed by atoms with E-state index in [1.807, 2.05) is 19.2 Å². The molecule has 0 unspecified atom stereocenters. The third kappa shape index (κ3) is 9.08. The van der Waals surface area contributed by atoms with Crippen molar-refractivity contribution in [1.29, 1.82) is 0 Å². The number of nitrogens with zero attached hydrogens (tertiary/aromatic N) is 2. The van der Waals surface area contributed by atoms with E-state index in [-0.39, 0.29) is 24.0 Å². The Kier molecular flexibility index (Phi) is 12.5. The molecule has 0 fully saturated rings. The molecule has 0 saturated carbocycles. The fourth-order valence-electron chi connectivity index (χ4n) is 1.62. The zero-order valence-corrected chi connectivity index (χ0v) is 14.6. The molecule has 1 aromatic rings. The summed E-state index contributed by atoms with van der Waals surface area (Å²) in [6.07, 6.45) is 5.60. The molecule has 1 heterocycles. The summed E-state index contributed by atoms with van der Waals surface area (Å²) >= 11 is 0. The summed E-state index contributed by atoms with van der Waals surface area (Å²) in [7, 11) is 1.78. The quantitative estimate of drug-likeness (QED) is 0.307. The molecule has 0 amide bonds. The summed E-state index contributed by atoms with van der Waals surface area (Å²) < 4.78 is 5.28. The number of aromatic nitrogens is 1. The van der Waals surface area contributed by atoms with Gasteiger partial charge in [0.2, 0.25) is 0 Å². The Morgan fingerprint density at radius 3 is 2.80 bits per heavy atom. The summed E-state index contributed by atoms with van der Waals surface area (Å²) in [5.74, 6) is 0.834. The van der Waals surface area contributed by atoms with E-state index in [1.165, 1.54) is 5.56 Å². The van der Waals surface area contributed by atoms with Crippen molar-refractivity contribution in [3.8, 4) is 0 Å². The third-order valence-electron chi connectivity index (χ3n) is 2.61. The number of hydrogen-bond acceptors (Lipinski definition) is 3. The highest BCUT2D eigenvalue weighted by atomic mass is 127. The highest BCUT2D eigenvalue weighted by Gasteiger charge is 1.97.